The van der Waals surface area contributed by atoms with Crippen molar-refractivity contribution in [2.45, 2.75) is 39.1 Å². The van der Waals surface area contributed by atoms with Crippen molar-refractivity contribution in [1.82, 2.24) is 19.1 Å². The van der Waals surface area contributed by atoms with Crippen molar-refractivity contribution >= 4 is 34.8 Å². The molecular formula is C14H22Cl2N6O7. The highest BCUT2D eigenvalue weighted by molar-refractivity contribution is 6.18. The average Bonchev–Trinajstić information content (AvgIpc) is 3.19. The van der Waals surface area contributed by atoms with E-state index in [4.69, 9.17) is 23.2 Å². The molecule has 29 heavy (non-hydrogen) atoms. The zero-order valence-corrected chi connectivity index (χ0v) is 17.1. The topological polar surface area (TPSA) is 194 Å². The Labute approximate surface area is 175 Å². The van der Waals surface area contributed by atoms with E-state index in [0.717, 1.165) is 12.4 Å². The maximum atomic E-state index is 10.5. The van der Waals surface area contributed by atoms with E-state index in [-0.39, 0.29) is 42.0 Å². The Kier molecular flexibility index (Phi) is 11.3. The van der Waals surface area contributed by atoms with E-state index in [9.17, 15) is 30.4 Å². The van der Waals surface area contributed by atoms with Crippen LogP contribution in [0.5, 0.6) is 0 Å². The highest BCUT2D eigenvalue weighted by Gasteiger charge is 2.20. The molecule has 2 aromatic heterocycles. The molecule has 0 saturated carbocycles. The quantitative estimate of drug-likeness (QED) is 0.326. The smallest absolute Gasteiger partial charge is 0.342 e. The first-order valence-corrected chi connectivity index (χ1v) is 9.00. The number of nitro groups is 2. The normalized spacial score (nSPS) is 12.3. The van der Waals surface area contributed by atoms with E-state index in [0.29, 0.717) is 11.6 Å². The molecule has 0 aliphatic rings. The van der Waals surface area contributed by atoms with Gasteiger partial charge in [-0.05, 0) is 9.85 Å². The molecule has 4 N–H and O–H groups in total. The van der Waals surface area contributed by atoms with Crippen LogP contribution in [0.3, 0.4) is 0 Å². The summed E-state index contributed by atoms with van der Waals surface area (Å²) in [6.07, 6.45) is 0.721. The molecule has 0 spiro atoms. The minimum Gasteiger partial charge on any atom is -0.412 e. The van der Waals surface area contributed by atoms with Crippen LogP contribution in [0.15, 0.2) is 12.4 Å². The van der Waals surface area contributed by atoms with Crippen LogP contribution in [0, 0.1) is 34.1 Å². The minimum absolute atomic E-state index is 0. The average molecular weight is 457 g/mol. The third-order valence-corrected chi connectivity index (χ3v) is 4.30. The minimum atomic E-state index is -0.803. The highest BCUT2D eigenvalue weighted by atomic mass is 35.5. The lowest BCUT2D eigenvalue weighted by molar-refractivity contribution is -0.392. The molecule has 2 rings (SSSR count). The van der Waals surface area contributed by atoms with Gasteiger partial charge in [0.1, 0.15) is 37.7 Å². The molecular weight excluding hydrogens is 435 g/mol. The molecule has 0 bridgehead atoms. The number of rotatable bonds is 8. The van der Waals surface area contributed by atoms with E-state index in [1.165, 1.54) is 9.13 Å². The number of aromatic nitrogens is 4. The maximum Gasteiger partial charge on any atom is 0.342 e. The largest absolute Gasteiger partial charge is 0.412 e. The Balaban J connectivity index is 0.000000523. The van der Waals surface area contributed by atoms with Gasteiger partial charge in [-0.15, -0.1) is 23.2 Å². The molecule has 0 aliphatic heterocycles. The van der Waals surface area contributed by atoms with Gasteiger partial charge in [-0.1, -0.05) is 0 Å². The molecule has 2 heterocycles. The van der Waals surface area contributed by atoms with Gasteiger partial charge < -0.3 is 35.9 Å². The summed E-state index contributed by atoms with van der Waals surface area (Å²) in [5, 5.41) is 39.6. The third-order valence-electron chi connectivity index (χ3n) is 3.59. The second-order valence-corrected chi connectivity index (χ2v) is 6.30. The molecule has 13 nitrogen and oxygen atoms in total. The van der Waals surface area contributed by atoms with Gasteiger partial charge in [-0.25, -0.2) is 19.1 Å². The predicted octanol–water partition coefficient (Wildman–Crippen LogP) is 0.574. The van der Waals surface area contributed by atoms with Crippen molar-refractivity contribution < 1.29 is 25.5 Å². The lowest BCUT2D eigenvalue weighted by Crippen LogP contribution is -2.19. The van der Waals surface area contributed by atoms with Gasteiger partial charge in [0.15, 0.2) is 11.6 Å². The van der Waals surface area contributed by atoms with E-state index in [1.54, 1.807) is 13.8 Å². The van der Waals surface area contributed by atoms with Crippen molar-refractivity contribution in [1.29, 1.82) is 0 Å². The molecule has 0 aromatic carbocycles. The van der Waals surface area contributed by atoms with Gasteiger partial charge in [0.25, 0.3) is 0 Å². The number of aliphatic hydroxyl groups excluding tert-OH is 2. The van der Waals surface area contributed by atoms with Crippen molar-refractivity contribution in [2.24, 2.45) is 0 Å². The third kappa shape index (κ3) is 7.55. The first kappa shape index (κ1) is 26.7. The summed E-state index contributed by atoms with van der Waals surface area (Å²) >= 11 is 10.8. The molecule has 2 aromatic rings. The second-order valence-electron chi connectivity index (χ2n) is 5.68. The Morgan fingerprint density at radius 3 is 1.48 bits per heavy atom. The Morgan fingerprint density at radius 1 is 0.931 bits per heavy atom. The second kappa shape index (κ2) is 12.3. The molecule has 2 atom stereocenters. The summed E-state index contributed by atoms with van der Waals surface area (Å²) in [5.41, 5.74) is 0. The van der Waals surface area contributed by atoms with Gasteiger partial charge in [-0.3, -0.25) is 0 Å². The summed E-state index contributed by atoms with van der Waals surface area (Å²) in [6, 6.07) is 0. The van der Waals surface area contributed by atoms with Crippen LogP contribution in [0.4, 0.5) is 11.6 Å². The number of nitrogens with zero attached hydrogens (tertiary/aromatic N) is 6. The summed E-state index contributed by atoms with van der Waals surface area (Å²) in [7, 11) is 0. The zero-order chi connectivity index (χ0) is 21.4. The molecule has 164 valence electrons. The number of alkyl halides is 2. The summed E-state index contributed by atoms with van der Waals surface area (Å²) < 4.78 is 2.65. The first-order valence-electron chi connectivity index (χ1n) is 7.93. The van der Waals surface area contributed by atoms with Crippen molar-refractivity contribution in [3.05, 3.63) is 44.3 Å². The van der Waals surface area contributed by atoms with Crippen LogP contribution in [-0.2, 0) is 13.1 Å². The van der Waals surface area contributed by atoms with Crippen LogP contribution in [0.2, 0.25) is 0 Å². The van der Waals surface area contributed by atoms with E-state index in [1.807, 2.05) is 0 Å². The fourth-order valence-electron chi connectivity index (χ4n) is 2.17. The van der Waals surface area contributed by atoms with Gasteiger partial charge in [0.05, 0.1) is 11.8 Å². The highest BCUT2D eigenvalue weighted by Crippen LogP contribution is 2.15. The lowest BCUT2D eigenvalue weighted by atomic mass is 10.4. The van der Waals surface area contributed by atoms with Crippen LogP contribution in [-0.4, -0.2) is 68.6 Å². The molecule has 0 fully saturated rings. The monoisotopic (exact) mass is 456 g/mol. The van der Waals surface area contributed by atoms with Crippen molar-refractivity contribution in [3.63, 3.8) is 0 Å². The van der Waals surface area contributed by atoms with Crippen molar-refractivity contribution in [3.8, 4) is 0 Å². The fourth-order valence-corrected chi connectivity index (χ4v) is 2.37. The molecule has 0 unspecified atom stereocenters. The molecule has 0 radical (unpaired) electrons. The van der Waals surface area contributed by atoms with Gasteiger partial charge in [-0.2, -0.15) is 0 Å². The van der Waals surface area contributed by atoms with Gasteiger partial charge in [0, 0.05) is 13.8 Å². The van der Waals surface area contributed by atoms with Crippen LogP contribution >= 0.6 is 23.2 Å². The first-order chi connectivity index (χ1) is 13.1. The van der Waals surface area contributed by atoms with Gasteiger partial charge in [0.2, 0.25) is 0 Å². The standard InChI is InChI=1S/2C7H10ClN3O3.H2O/c2*1-5-9-3-7(11(13)14)10(5)4-6(12)2-8;/h2*3,6,12H,2,4H2,1H3;1H2/t2*6-;/m10./s1. The van der Waals surface area contributed by atoms with Crippen molar-refractivity contribution in [2.75, 3.05) is 11.8 Å². The molecule has 15 heteroatoms. The summed E-state index contributed by atoms with van der Waals surface area (Å²) in [6.45, 7) is 3.44. The van der Waals surface area contributed by atoms with Crippen LogP contribution in [0.1, 0.15) is 11.6 Å². The van der Waals surface area contributed by atoms with Crippen LogP contribution < -0.4 is 0 Å². The Bertz CT molecular complexity index is 746. The van der Waals surface area contributed by atoms with Crippen LogP contribution in [0.25, 0.3) is 0 Å². The number of halogens is 2. The Morgan fingerprint density at radius 2 is 1.24 bits per heavy atom. The SMILES string of the molecule is Cc1ncc([N+](=O)[O-])n1C[C@@H](O)CCl.Cc1ncc([N+](=O)[O-])n1C[C@H](O)CCl.O. The number of hydrogen-bond donors (Lipinski definition) is 2. The fraction of sp³-hybridized carbons (Fsp3) is 0.571. The number of imidazole rings is 2. The predicted molar refractivity (Wildman–Crippen MR) is 104 cm³/mol. The molecule has 0 saturated heterocycles. The van der Waals surface area contributed by atoms with Gasteiger partial charge >= 0.3 is 11.6 Å². The number of hydrogen-bond acceptors (Lipinski definition) is 8. The maximum absolute atomic E-state index is 10.5. The molecule has 0 amide bonds. The van der Waals surface area contributed by atoms with E-state index >= 15 is 0 Å². The summed E-state index contributed by atoms with van der Waals surface area (Å²) in [4.78, 5) is 27.6. The summed E-state index contributed by atoms with van der Waals surface area (Å²) in [5.74, 6) is 0.781. The number of aryl methyl sites for hydroxylation is 2. The molecule has 0 aliphatic carbocycles. The Hall–Kier alpha value is -2.32. The zero-order valence-electron chi connectivity index (χ0n) is 15.6. The lowest BCUT2D eigenvalue weighted by Gasteiger charge is -2.06. The van der Waals surface area contributed by atoms with E-state index in [2.05, 4.69) is 9.97 Å². The van der Waals surface area contributed by atoms with E-state index < -0.39 is 22.1 Å². The number of aliphatic hydroxyl groups is 2.